The van der Waals surface area contributed by atoms with Crippen molar-refractivity contribution >= 4 is 11.4 Å². The van der Waals surface area contributed by atoms with Gasteiger partial charge in [0.2, 0.25) is 0 Å². The van der Waals surface area contributed by atoms with Crippen molar-refractivity contribution in [3.05, 3.63) is 89.7 Å². The minimum absolute atomic E-state index is 0.156. The van der Waals surface area contributed by atoms with Crippen LogP contribution in [-0.4, -0.2) is 4.98 Å². The lowest BCUT2D eigenvalue weighted by atomic mass is 9.86. The van der Waals surface area contributed by atoms with E-state index in [9.17, 15) is 0 Å². The molecule has 0 saturated heterocycles. The van der Waals surface area contributed by atoms with E-state index >= 15 is 0 Å². The molecule has 3 aromatic rings. The van der Waals surface area contributed by atoms with Gasteiger partial charge in [0.1, 0.15) is 0 Å². The molecule has 0 spiro atoms. The maximum atomic E-state index is 4.16. The Morgan fingerprint density at radius 2 is 1.00 bits per heavy atom. The van der Waals surface area contributed by atoms with Gasteiger partial charge in [0, 0.05) is 30.3 Å². The molecule has 28 heavy (non-hydrogen) atoms. The van der Waals surface area contributed by atoms with Gasteiger partial charge in [-0.1, -0.05) is 65.8 Å². The van der Waals surface area contributed by atoms with E-state index in [0.717, 1.165) is 6.54 Å². The van der Waals surface area contributed by atoms with Crippen molar-refractivity contribution in [2.45, 2.75) is 58.9 Å². The Balaban J connectivity index is 1.98. The van der Waals surface area contributed by atoms with Gasteiger partial charge in [0.25, 0.3) is 0 Å². The predicted molar refractivity (Wildman–Crippen MR) is 120 cm³/mol. The molecule has 146 valence electrons. The van der Waals surface area contributed by atoms with Crippen LogP contribution < -0.4 is 4.90 Å². The summed E-state index contributed by atoms with van der Waals surface area (Å²) in [6.45, 7) is 14.3. The predicted octanol–water partition coefficient (Wildman–Crippen LogP) is 7.01. The van der Waals surface area contributed by atoms with E-state index in [-0.39, 0.29) is 10.8 Å². The molecule has 0 amide bonds. The quantitative estimate of drug-likeness (QED) is 0.489. The second kappa shape index (κ2) is 7.79. The average molecular weight is 373 g/mol. The van der Waals surface area contributed by atoms with E-state index in [4.69, 9.17) is 0 Å². The molecule has 1 heterocycles. The van der Waals surface area contributed by atoms with Crippen LogP contribution in [0, 0.1) is 0 Å². The number of anilines is 2. The topological polar surface area (TPSA) is 16.1 Å². The van der Waals surface area contributed by atoms with Gasteiger partial charge in [-0.25, -0.2) is 0 Å². The Labute approximate surface area is 170 Å². The van der Waals surface area contributed by atoms with Crippen molar-refractivity contribution in [1.29, 1.82) is 0 Å². The first-order valence-electron chi connectivity index (χ1n) is 10.0. The highest BCUT2D eigenvalue weighted by Crippen LogP contribution is 2.32. The first kappa shape index (κ1) is 20.1. The summed E-state index contributed by atoms with van der Waals surface area (Å²) in [5.41, 5.74) is 6.66. The summed E-state index contributed by atoms with van der Waals surface area (Å²) < 4.78 is 0. The van der Waals surface area contributed by atoms with Crippen molar-refractivity contribution in [2.24, 2.45) is 0 Å². The molecule has 0 saturated carbocycles. The van der Waals surface area contributed by atoms with Crippen LogP contribution in [0.1, 0.15) is 58.2 Å². The Hall–Kier alpha value is -2.61. The van der Waals surface area contributed by atoms with Gasteiger partial charge in [-0.2, -0.15) is 0 Å². The molecule has 0 fully saturated rings. The van der Waals surface area contributed by atoms with E-state index in [1.807, 2.05) is 12.4 Å². The van der Waals surface area contributed by atoms with Gasteiger partial charge >= 0.3 is 0 Å². The van der Waals surface area contributed by atoms with E-state index in [1.54, 1.807) is 0 Å². The first-order valence-corrected chi connectivity index (χ1v) is 10.0. The molecule has 0 bridgehead atoms. The highest BCUT2D eigenvalue weighted by molar-refractivity contribution is 5.64. The molecular formula is C26H32N2. The second-order valence-electron chi connectivity index (χ2n) is 9.54. The van der Waals surface area contributed by atoms with Crippen molar-refractivity contribution in [2.75, 3.05) is 4.90 Å². The average Bonchev–Trinajstić information content (AvgIpc) is 2.66. The Kier molecular flexibility index (Phi) is 5.60. The van der Waals surface area contributed by atoms with E-state index < -0.39 is 0 Å². The molecule has 3 rings (SSSR count). The van der Waals surface area contributed by atoms with Gasteiger partial charge in [-0.05, 0) is 63.9 Å². The van der Waals surface area contributed by atoms with Crippen LogP contribution >= 0.6 is 0 Å². The lowest BCUT2D eigenvalue weighted by molar-refractivity contribution is 0.590. The van der Waals surface area contributed by atoms with E-state index in [1.165, 1.54) is 28.1 Å². The molecule has 2 heteroatoms. The Morgan fingerprint density at radius 3 is 1.36 bits per heavy atom. The van der Waals surface area contributed by atoms with Crippen LogP contribution in [0.2, 0.25) is 0 Å². The molecular weight excluding hydrogens is 340 g/mol. The fourth-order valence-electron chi connectivity index (χ4n) is 3.29. The SMILES string of the molecule is CC(C)(C)c1ccc(N(Cc2ccncc2)c2ccc(C(C)(C)C)cc2)cc1. The molecule has 0 aliphatic carbocycles. The molecule has 1 aromatic heterocycles. The summed E-state index contributed by atoms with van der Waals surface area (Å²) in [5.74, 6) is 0. The number of hydrogen-bond donors (Lipinski definition) is 0. The van der Waals surface area contributed by atoms with Gasteiger partial charge < -0.3 is 4.90 Å². The van der Waals surface area contributed by atoms with Crippen LogP contribution in [0.25, 0.3) is 0 Å². The molecule has 0 radical (unpaired) electrons. The number of rotatable bonds is 4. The minimum atomic E-state index is 0.156. The first-order chi connectivity index (χ1) is 13.1. The fraction of sp³-hybridized carbons (Fsp3) is 0.346. The highest BCUT2D eigenvalue weighted by Gasteiger charge is 2.17. The third-order valence-electron chi connectivity index (χ3n) is 5.18. The molecule has 0 atom stereocenters. The molecule has 0 unspecified atom stereocenters. The fourth-order valence-corrected chi connectivity index (χ4v) is 3.29. The smallest absolute Gasteiger partial charge is 0.0482 e. The van der Waals surface area contributed by atoms with Crippen LogP contribution in [0.4, 0.5) is 11.4 Å². The minimum Gasteiger partial charge on any atom is -0.337 e. The van der Waals surface area contributed by atoms with Gasteiger partial charge in [0.15, 0.2) is 0 Å². The summed E-state index contributed by atoms with van der Waals surface area (Å²) in [7, 11) is 0. The monoisotopic (exact) mass is 372 g/mol. The summed E-state index contributed by atoms with van der Waals surface area (Å²) in [6.07, 6.45) is 3.72. The summed E-state index contributed by atoms with van der Waals surface area (Å²) in [5, 5.41) is 0. The Bertz CT molecular complexity index is 823. The number of nitrogens with zero attached hydrogens (tertiary/aromatic N) is 2. The molecule has 2 nitrogen and oxygen atoms in total. The van der Waals surface area contributed by atoms with Crippen molar-refractivity contribution in [3.63, 3.8) is 0 Å². The number of pyridine rings is 1. The summed E-state index contributed by atoms with van der Waals surface area (Å²) in [6, 6.07) is 22.1. The zero-order chi connectivity index (χ0) is 20.4. The largest absolute Gasteiger partial charge is 0.337 e. The normalized spacial score (nSPS) is 12.1. The van der Waals surface area contributed by atoms with Crippen molar-refractivity contribution in [1.82, 2.24) is 4.98 Å². The van der Waals surface area contributed by atoms with Crippen LogP contribution in [0.15, 0.2) is 73.1 Å². The lowest BCUT2D eigenvalue weighted by Gasteiger charge is -2.28. The van der Waals surface area contributed by atoms with Crippen molar-refractivity contribution < 1.29 is 0 Å². The lowest BCUT2D eigenvalue weighted by Crippen LogP contribution is -2.18. The highest BCUT2D eigenvalue weighted by atomic mass is 15.1. The van der Waals surface area contributed by atoms with Gasteiger partial charge in [-0.15, -0.1) is 0 Å². The Morgan fingerprint density at radius 1 is 0.607 bits per heavy atom. The maximum absolute atomic E-state index is 4.16. The molecule has 2 aromatic carbocycles. The standard InChI is InChI=1S/C26H32N2/c1-25(2,3)21-7-11-23(12-8-21)28(19-20-15-17-27-18-16-20)24-13-9-22(10-14-24)26(4,5)6/h7-18H,19H2,1-6H3. The van der Waals surface area contributed by atoms with Crippen LogP contribution in [0.5, 0.6) is 0 Å². The molecule has 0 aliphatic heterocycles. The zero-order valence-electron chi connectivity index (χ0n) is 18.0. The number of benzene rings is 2. The van der Waals surface area contributed by atoms with Crippen molar-refractivity contribution in [3.8, 4) is 0 Å². The molecule has 0 aliphatic rings. The third-order valence-corrected chi connectivity index (χ3v) is 5.18. The third kappa shape index (κ3) is 4.81. The van der Waals surface area contributed by atoms with Crippen LogP contribution in [-0.2, 0) is 17.4 Å². The van der Waals surface area contributed by atoms with Gasteiger partial charge in [0.05, 0.1) is 0 Å². The van der Waals surface area contributed by atoms with Crippen LogP contribution in [0.3, 0.4) is 0 Å². The van der Waals surface area contributed by atoms with Gasteiger partial charge in [-0.3, -0.25) is 4.98 Å². The number of aromatic nitrogens is 1. The second-order valence-corrected chi connectivity index (χ2v) is 9.54. The van der Waals surface area contributed by atoms with E-state index in [2.05, 4.69) is 112 Å². The molecule has 0 N–H and O–H groups in total. The zero-order valence-corrected chi connectivity index (χ0v) is 18.0. The summed E-state index contributed by atoms with van der Waals surface area (Å²) in [4.78, 5) is 6.53. The summed E-state index contributed by atoms with van der Waals surface area (Å²) >= 11 is 0. The maximum Gasteiger partial charge on any atom is 0.0482 e. The number of hydrogen-bond acceptors (Lipinski definition) is 2. The van der Waals surface area contributed by atoms with E-state index in [0.29, 0.717) is 0 Å².